The van der Waals surface area contributed by atoms with Crippen LogP contribution in [0.3, 0.4) is 0 Å². The molecule has 0 saturated carbocycles. The summed E-state index contributed by atoms with van der Waals surface area (Å²) < 4.78 is 71.6. The topological polar surface area (TPSA) is 76.1 Å². The van der Waals surface area contributed by atoms with Gasteiger partial charge in [0.05, 0.1) is 25.3 Å². The molecule has 0 unspecified atom stereocenters. The maximum atomic E-state index is 14.1. The monoisotopic (exact) mass is 537 g/mol. The zero-order valence-corrected chi connectivity index (χ0v) is 21.1. The zero-order chi connectivity index (χ0) is 27.1. The molecule has 0 amide bonds. The van der Waals surface area contributed by atoms with Crippen molar-refractivity contribution in [1.82, 2.24) is 4.98 Å². The molecule has 2 heterocycles. The molecule has 0 bridgehead atoms. The van der Waals surface area contributed by atoms with Crippen LogP contribution in [0.1, 0.15) is 17.5 Å². The Balaban J connectivity index is 2.02. The van der Waals surface area contributed by atoms with E-state index in [1.54, 1.807) is 36.1 Å². The van der Waals surface area contributed by atoms with Gasteiger partial charge >= 0.3 is 0 Å². The van der Waals surface area contributed by atoms with Crippen molar-refractivity contribution in [3.8, 4) is 5.75 Å². The molecule has 1 aromatic heterocycles. The van der Waals surface area contributed by atoms with Gasteiger partial charge in [-0.25, -0.2) is 22.5 Å². The van der Waals surface area contributed by atoms with Gasteiger partial charge in [0.15, 0.2) is 0 Å². The predicted octanol–water partition coefficient (Wildman–Crippen LogP) is 5.15. The second-order valence-corrected chi connectivity index (χ2v) is 8.71. The highest BCUT2D eigenvalue weighted by molar-refractivity contribution is 6.02. The van der Waals surface area contributed by atoms with Gasteiger partial charge in [0, 0.05) is 29.8 Å². The first kappa shape index (κ1) is 27.9. The van der Waals surface area contributed by atoms with Crippen LogP contribution in [-0.2, 0) is 15.9 Å². The number of aromatic nitrogens is 1. The Kier molecular flexibility index (Phi) is 9.24. The number of ether oxygens (including phenoxy) is 3. The molecule has 206 valence electrons. The number of fused-ring (bicyclic) bond motifs is 3. The predicted molar refractivity (Wildman–Crippen MR) is 137 cm³/mol. The van der Waals surface area contributed by atoms with Gasteiger partial charge in [-0.15, -0.1) is 0 Å². The van der Waals surface area contributed by atoms with E-state index in [9.17, 15) is 22.7 Å². The number of hydrogen-bond acceptors (Lipinski definition) is 7. The zero-order valence-electron chi connectivity index (χ0n) is 21.1. The summed E-state index contributed by atoms with van der Waals surface area (Å²) >= 11 is 0. The molecule has 0 fully saturated rings. The smallest absolute Gasteiger partial charge is 0.260 e. The van der Waals surface area contributed by atoms with Gasteiger partial charge in [0.2, 0.25) is 0 Å². The first-order valence-corrected chi connectivity index (χ1v) is 12.4. The van der Waals surface area contributed by atoms with Crippen LogP contribution in [0.5, 0.6) is 5.75 Å². The van der Waals surface area contributed by atoms with Crippen LogP contribution < -0.4 is 15.0 Å². The summed E-state index contributed by atoms with van der Waals surface area (Å²) in [5, 5.41) is 13.1. The Morgan fingerprint density at radius 1 is 1.05 bits per heavy atom. The van der Waals surface area contributed by atoms with Crippen molar-refractivity contribution >= 4 is 28.1 Å². The fourth-order valence-corrected chi connectivity index (χ4v) is 4.72. The minimum Gasteiger partial charge on any atom is -0.489 e. The van der Waals surface area contributed by atoms with E-state index in [1.165, 1.54) is 12.1 Å². The molecule has 1 aliphatic rings. The molecule has 1 aliphatic heterocycles. The Morgan fingerprint density at radius 3 is 2.45 bits per heavy atom. The van der Waals surface area contributed by atoms with E-state index in [0.29, 0.717) is 57.9 Å². The van der Waals surface area contributed by atoms with Gasteiger partial charge in [-0.05, 0) is 43.2 Å². The molecule has 4 rings (SSSR count). The summed E-state index contributed by atoms with van der Waals surface area (Å²) in [7, 11) is 0. The van der Waals surface area contributed by atoms with Crippen LogP contribution in [0.4, 0.5) is 34.8 Å². The Morgan fingerprint density at radius 2 is 1.79 bits per heavy atom. The van der Waals surface area contributed by atoms with Crippen molar-refractivity contribution in [3.63, 3.8) is 0 Å². The van der Waals surface area contributed by atoms with E-state index in [2.05, 4.69) is 5.32 Å². The number of para-hydroxylation sites is 1. The van der Waals surface area contributed by atoms with Gasteiger partial charge in [-0.2, -0.15) is 0 Å². The molecule has 0 radical (unpaired) electrons. The fourth-order valence-electron chi connectivity index (χ4n) is 4.72. The van der Waals surface area contributed by atoms with Gasteiger partial charge in [-0.1, -0.05) is 12.1 Å². The molecule has 0 spiro atoms. The van der Waals surface area contributed by atoms with Crippen LogP contribution in [0.15, 0.2) is 36.4 Å². The Bertz CT molecular complexity index is 1240. The number of aryl methyl sites for hydroxylation is 1. The van der Waals surface area contributed by atoms with E-state index >= 15 is 0 Å². The van der Waals surface area contributed by atoms with Crippen LogP contribution in [0, 0.1) is 12.7 Å². The number of aliphatic hydroxyl groups is 1. The highest BCUT2D eigenvalue weighted by Gasteiger charge is 2.50. The Hall–Kier alpha value is -3.15. The second kappa shape index (κ2) is 12.6. The number of nitrogens with zero attached hydrogens (tertiary/aromatic N) is 2. The average Bonchev–Trinajstić information content (AvgIpc) is 3.25. The van der Waals surface area contributed by atoms with Crippen LogP contribution in [0.2, 0.25) is 0 Å². The first-order chi connectivity index (χ1) is 18.5. The van der Waals surface area contributed by atoms with Crippen molar-refractivity contribution < 1.29 is 36.9 Å². The largest absolute Gasteiger partial charge is 0.489 e. The highest BCUT2D eigenvalue weighted by atomic mass is 19.1. The number of hydrogen-bond donors (Lipinski definition) is 2. The van der Waals surface area contributed by atoms with Crippen LogP contribution >= 0.6 is 0 Å². The van der Waals surface area contributed by atoms with E-state index in [-0.39, 0.29) is 32.8 Å². The summed E-state index contributed by atoms with van der Waals surface area (Å²) in [5.74, 6) is -1.34. The maximum absolute atomic E-state index is 14.1. The molecule has 0 saturated heterocycles. The molecule has 2 N–H and O–H groups in total. The van der Waals surface area contributed by atoms with Gasteiger partial charge in [0.1, 0.15) is 49.5 Å². The van der Waals surface area contributed by atoms with E-state index in [4.69, 9.17) is 19.2 Å². The van der Waals surface area contributed by atoms with Crippen LogP contribution in [-0.4, -0.2) is 69.0 Å². The average molecular weight is 538 g/mol. The highest BCUT2D eigenvalue weighted by Crippen LogP contribution is 2.52. The van der Waals surface area contributed by atoms with Gasteiger partial charge in [-0.3, -0.25) is 4.90 Å². The summed E-state index contributed by atoms with van der Waals surface area (Å²) in [6.45, 7) is -1.10. The molecular formula is C27H31F4N3O4. The van der Waals surface area contributed by atoms with Gasteiger partial charge in [0.25, 0.3) is 5.91 Å². The quantitative estimate of drug-likeness (QED) is 0.167. The lowest BCUT2D eigenvalue weighted by atomic mass is 10.1. The molecule has 0 aliphatic carbocycles. The number of rotatable bonds is 14. The minimum absolute atomic E-state index is 0.0408. The van der Waals surface area contributed by atoms with Crippen molar-refractivity contribution in [2.24, 2.45) is 0 Å². The third-order valence-corrected chi connectivity index (χ3v) is 6.19. The fraction of sp³-hybridized carbons (Fsp3) is 0.444. The SMILES string of the molecule is Cc1cc(F)ccc1N1c2c(c(NCCCO)nc3c(OCCF)cccc23)CC1(OCCF)OCCF. The molecular weight excluding hydrogens is 506 g/mol. The second-order valence-electron chi connectivity index (χ2n) is 8.71. The third kappa shape index (κ3) is 5.50. The number of alkyl halides is 3. The molecule has 2 aromatic carbocycles. The number of anilines is 3. The lowest BCUT2D eigenvalue weighted by Gasteiger charge is -2.40. The van der Waals surface area contributed by atoms with Gasteiger partial charge < -0.3 is 24.6 Å². The summed E-state index contributed by atoms with van der Waals surface area (Å²) in [6.07, 6.45) is 0.482. The molecule has 0 atom stereocenters. The lowest BCUT2D eigenvalue weighted by Crippen LogP contribution is -2.50. The standard InChI is InChI=1S/C27H31F4N3O4/c1-18-16-19(31)6-7-22(18)34-25-20-4-2-5-23(36-13-8-28)24(20)33-26(32-11-3-12-35)21(25)17-27(34,37-14-9-29)38-15-10-30/h2,4-7,16,35H,3,8-15,17H2,1H3,(H,32,33). The third-order valence-electron chi connectivity index (χ3n) is 6.19. The maximum Gasteiger partial charge on any atom is 0.260 e. The van der Waals surface area contributed by atoms with E-state index in [1.807, 2.05) is 0 Å². The summed E-state index contributed by atoms with van der Waals surface area (Å²) in [4.78, 5) is 6.46. The van der Waals surface area contributed by atoms with Crippen molar-refractivity contribution in [3.05, 3.63) is 53.3 Å². The molecule has 38 heavy (non-hydrogen) atoms. The number of benzene rings is 2. The van der Waals surface area contributed by atoms with E-state index in [0.717, 1.165) is 0 Å². The first-order valence-electron chi connectivity index (χ1n) is 12.4. The molecule has 11 heteroatoms. The molecule has 7 nitrogen and oxygen atoms in total. The number of nitrogens with one attached hydrogen (secondary N) is 1. The number of halogens is 4. The Labute approximate surface area is 218 Å². The summed E-state index contributed by atoms with van der Waals surface area (Å²) in [5.41, 5.74) is 2.67. The summed E-state index contributed by atoms with van der Waals surface area (Å²) in [6, 6.07) is 9.39. The van der Waals surface area contributed by atoms with Crippen molar-refractivity contribution in [2.45, 2.75) is 25.7 Å². The van der Waals surface area contributed by atoms with Crippen molar-refractivity contribution in [1.29, 1.82) is 0 Å². The van der Waals surface area contributed by atoms with Crippen molar-refractivity contribution in [2.75, 3.05) is 63.2 Å². The lowest BCUT2D eigenvalue weighted by molar-refractivity contribution is -0.229. The normalized spacial score (nSPS) is 14.2. The molecule has 3 aromatic rings. The number of aliphatic hydroxyl groups excluding tert-OH is 1. The minimum atomic E-state index is -1.66. The van der Waals surface area contributed by atoms with E-state index < -0.39 is 31.8 Å². The number of pyridine rings is 1. The van der Waals surface area contributed by atoms with Crippen LogP contribution in [0.25, 0.3) is 10.9 Å².